The van der Waals surface area contributed by atoms with Gasteiger partial charge >= 0.3 is 0 Å². The van der Waals surface area contributed by atoms with E-state index in [0.717, 1.165) is 27.2 Å². The van der Waals surface area contributed by atoms with Gasteiger partial charge in [0.1, 0.15) is 0 Å². The summed E-state index contributed by atoms with van der Waals surface area (Å²) in [7, 11) is 0. The van der Waals surface area contributed by atoms with Crippen molar-refractivity contribution in [2.75, 3.05) is 13.2 Å². The molecule has 2 rings (SSSR count). The Morgan fingerprint density at radius 2 is 2.05 bits per heavy atom. The molecule has 19 heavy (non-hydrogen) atoms. The van der Waals surface area contributed by atoms with Crippen LogP contribution in [0.5, 0.6) is 0 Å². The Balaban J connectivity index is 1.89. The van der Waals surface area contributed by atoms with E-state index in [2.05, 4.69) is 12.2 Å². The van der Waals surface area contributed by atoms with Gasteiger partial charge in [-0.1, -0.05) is 36.0 Å². The first kappa shape index (κ1) is 15.6. The van der Waals surface area contributed by atoms with E-state index in [1.807, 2.05) is 6.07 Å². The third kappa shape index (κ3) is 4.08. The van der Waals surface area contributed by atoms with Crippen LogP contribution in [0.25, 0.3) is 0 Å². The Labute approximate surface area is 129 Å². The molecule has 0 amide bonds. The summed E-state index contributed by atoms with van der Waals surface area (Å²) < 4.78 is 1.51. The fourth-order valence-corrected chi connectivity index (χ4v) is 4.53. The topological polar surface area (TPSA) is 32.3 Å². The van der Waals surface area contributed by atoms with Gasteiger partial charge in [0.25, 0.3) is 0 Å². The molecule has 3 unspecified atom stereocenters. The average molecular weight is 322 g/mol. The molecule has 3 atom stereocenters. The molecule has 1 aromatic heterocycles. The van der Waals surface area contributed by atoms with Crippen molar-refractivity contribution < 1.29 is 5.11 Å². The van der Waals surface area contributed by atoms with E-state index in [0.29, 0.717) is 18.4 Å². The first-order chi connectivity index (χ1) is 9.11. The molecule has 1 saturated carbocycles. The van der Waals surface area contributed by atoms with Crippen LogP contribution in [0, 0.1) is 11.8 Å². The second-order valence-electron chi connectivity index (χ2n) is 5.40. The smallest absolute Gasteiger partial charge is 0.0991 e. The number of nitrogens with one attached hydrogen (secondary N) is 1. The number of aliphatic hydroxyl groups is 1. The lowest BCUT2D eigenvalue weighted by molar-refractivity contribution is 0.131. The second-order valence-corrected chi connectivity index (χ2v) is 7.68. The predicted molar refractivity (Wildman–Crippen MR) is 83.3 cm³/mol. The number of halogens is 2. The van der Waals surface area contributed by atoms with Gasteiger partial charge in [-0.3, -0.25) is 0 Å². The van der Waals surface area contributed by atoms with Crippen LogP contribution in [-0.4, -0.2) is 18.3 Å². The second kappa shape index (κ2) is 7.28. The van der Waals surface area contributed by atoms with Crippen LogP contribution in [0.15, 0.2) is 6.07 Å². The van der Waals surface area contributed by atoms with E-state index >= 15 is 0 Å². The molecule has 108 valence electrons. The Morgan fingerprint density at radius 1 is 1.37 bits per heavy atom. The summed E-state index contributed by atoms with van der Waals surface area (Å²) in [6.45, 7) is 3.36. The predicted octanol–water partition coefficient (Wildman–Crippen LogP) is 4.50. The normalized spacial score (nSPS) is 25.5. The molecule has 0 aliphatic heterocycles. The SMILES string of the molecule is CC(NCC1CCCCC1CO)c1cc(Cl)sc1Cl. The minimum Gasteiger partial charge on any atom is -0.396 e. The van der Waals surface area contributed by atoms with E-state index < -0.39 is 0 Å². The van der Waals surface area contributed by atoms with Crippen LogP contribution in [0.4, 0.5) is 0 Å². The van der Waals surface area contributed by atoms with E-state index in [1.54, 1.807) is 0 Å². The maximum atomic E-state index is 9.43. The van der Waals surface area contributed by atoms with Crippen molar-refractivity contribution in [3.05, 3.63) is 20.3 Å². The number of hydrogen-bond acceptors (Lipinski definition) is 3. The van der Waals surface area contributed by atoms with Gasteiger partial charge < -0.3 is 10.4 Å². The molecule has 0 saturated heterocycles. The Kier molecular flexibility index (Phi) is 5.97. The summed E-state index contributed by atoms with van der Waals surface area (Å²) in [5, 5.41) is 13.0. The largest absolute Gasteiger partial charge is 0.396 e. The molecule has 1 aliphatic carbocycles. The molecule has 0 radical (unpaired) electrons. The summed E-state index contributed by atoms with van der Waals surface area (Å²) in [4.78, 5) is 0. The maximum Gasteiger partial charge on any atom is 0.0991 e. The highest BCUT2D eigenvalue weighted by Gasteiger charge is 2.25. The van der Waals surface area contributed by atoms with Gasteiger partial charge in [0.2, 0.25) is 0 Å². The minimum absolute atomic E-state index is 0.206. The monoisotopic (exact) mass is 321 g/mol. The van der Waals surface area contributed by atoms with Crippen LogP contribution in [-0.2, 0) is 0 Å². The number of hydrogen-bond donors (Lipinski definition) is 2. The molecule has 1 fully saturated rings. The molecule has 1 aliphatic rings. The third-order valence-electron chi connectivity index (χ3n) is 4.14. The highest BCUT2D eigenvalue weighted by atomic mass is 35.5. The van der Waals surface area contributed by atoms with Crippen molar-refractivity contribution in [1.29, 1.82) is 0 Å². The number of aliphatic hydroxyl groups excluding tert-OH is 1. The lowest BCUT2D eigenvalue weighted by atomic mass is 9.79. The summed E-state index contributed by atoms with van der Waals surface area (Å²) >= 11 is 13.6. The summed E-state index contributed by atoms with van der Waals surface area (Å²) in [6, 6.07) is 2.15. The highest BCUT2D eigenvalue weighted by Crippen LogP contribution is 2.35. The fourth-order valence-electron chi connectivity index (χ4n) is 2.88. The summed E-state index contributed by atoms with van der Waals surface area (Å²) in [6.07, 6.45) is 4.90. The van der Waals surface area contributed by atoms with Gasteiger partial charge in [-0.25, -0.2) is 0 Å². The third-order valence-corrected chi connectivity index (χ3v) is 5.65. The molecule has 1 aromatic rings. The van der Waals surface area contributed by atoms with E-state index in [4.69, 9.17) is 23.2 Å². The van der Waals surface area contributed by atoms with Gasteiger partial charge in [-0.2, -0.15) is 0 Å². The van der Waals surface area contributed by atoms with Gasteiger partial charge in [-0.15, -0.1) is 11.3 Å². The minimum atomic E-state index is 0.206. The lowest BCUT2D eigenvalue weighted by Gasteiger charge is -2.31. The van der Waals surface area contributed by atoms with Crippen LogP contribution in [0.1, 0.15) is 44.2 Å². The van der Waals surface area contributed by atoms with Gasteiger partial charge in [-0.05, 0) is 49.8 Å². The molecular weight excluding hydrogens is 301 g/mol. The van der Waals surface area contributed by atoms with Crippen molar-refractivity contribution in [2.24, 2.45) is 11.8 Å². The standard InChI is InChI=1S/C14H21Cl2NOS/c1-9(12-6-13(15)19-14(12)16)17-7-10-4-2-3-5-11(10)8-18/h6,9-11,17-18H,2-5,7-8H2,1H3. The zero-order chi connectivity index (χ0) is 13.8. The van der Waals surface area contributed by atoms with Crippen molar-refractivity contribution in [1.82, 2.24) is 5.32 Å². The van der Waals surface area contributed by atoms with Crippen LogP contribution < -0.4 is 5.32 Å². The van der Waals surface area contributed by atoms with Crippen molar-refractivity contribution in [2.45, 2.75) is 38.6 Å². The first-order valence-electron chi connectivity index (χ1n) is 6.90. The molecule has 1 heterocycles. The zero-order valence-electron chi connectivity index (χ0n) is 11.2. The quantitative estimate of drug-likeness (QED) is 0.836. The van der Waals surface area contributed by atoms with Gasteiger partial charge in [0.05, 0.1) is 8.67 Å². The molecule has 2 nitrogen and oxygen atoms in total. The fraction of sp³-hybridized carbons (Fsp3) is 0.714. The molecule has 0 aromatic carbocycles. The number of thiophene rings is 1. The summed E-state index contributed by atoms with van der Waals surface area (Å²) in [5.74, 6) is 1.03. The number of rotatable bonds is 5. The van der Waals surface area contributed by atoms with Crippen LogP contribution in [0.2, 0.25) is 8.67 Å². The average Bonchev–Trinajstić information content (AvgIpc) is 2.75. The zero-order valence-corrected chi connectivity index (χ0v) is 13.5. The lowest BCUT2D eigenvalue weighted by Crippen LogP contribution is -2.33. The molecular formula is C14H21Cl2NOS. The van der Waals surface area contributed by atoms with E-state index in [1.165, 1.54) is 30.6 Å². The molecule has 0 spiro atoms. The molecule has 2 N–H and O–H groups in total. The first-order valence-corrected chi connectivity index (χ1v) is 8.48. The summed E-state index contributed by atoms with van der Waals surface area (Å²) in [5.41, 5.74) is 1.08. The van der Waals surface area contributed by atoms with E-state index in [9.17, 15) is 5.11 Å². The van der Waals surface area contributed by atoms with Crippen LogP contribution >= 0.6 is 34.5 Å². The molecule has 0 bridgehead atoms. The van der Waals surface area contributed by atoms with Crippen LogP contribution in [0.3, 0.4) is 0 Å². The maximum absolute atomic E-state index is 9.43. The highest BCUT2D eigenvalue weighted by molar-refractivity contribution is 7.20. The van der Waals surface area contributed by atoms with Gasteiger partial charge in [0.15, 0.2) is 0 Å². The Bertz CT molecular complexity index is 410. The van der Waals surface area contributed by atoms with Crippen molar-refractivity contribution >= 4 is 34.5 Å². The Hall–Kier alpha value is 0.200. The van der Waals surface area contributed by atoms with E-state index in [-0.39, 0.29) is 6.04 Å². The Morgan fingerprint density at radius 3 is 2.63 bits per heavy atom. The molecule has 5 heteroatoms. The van der Waals surface area contributed by atoms with Gasteiger partial charge in [0, 0.05) is 12.6 Å². The van der Waals surface area contributed by atoms with Crippen molar-refractivity contribution in [3.63, 3.8) is 0 Å². The van der Waals surface area contributed by atoms with Crippen molar-refractivity contribution in [3.8, 4) is 0 Å².